The van der Waals surface area contributed by atoms with Crippen LogP contribution in [0, 0.1) is 6.92 Å². The Hall–Kier alpha value is -1.39. The second kappa shape index (κ2) is 5.50. The molecule has 0 aliphatic rings. The maximum atomic E-state index is 12.1. The highest BCUT2D eigenvalue weighted by Gasteiger charge is 2.10. The van der Waals surface area contributed by atoms with Crippen LogP contribution in [0.25, 0.3) is 0 Å². The van der Waals surface area contributed by atoms with Crippen molar-refractivity contribution in [2.45, 2.75) is 6.92 Å². The summed E-state index contributed by atoms with van der Waals surface area (Å²) >= 11 is 9.18. The maximum absolute atomic E-state index is 12.1. The van der Waals surface area contributed by atoms with Gasteiger partial charge in [0.2, 0.25) is 0 Å². The van der Waals surface area contributed by atoms with E-state index in [1.165, 1.54) is 0 Å². The summed E-state index contributed by atoms with van der Waals surface area (Å²) in [6.45, 7) is 1.88. The van der Waals surface area contributed by atoms with Crippen molar-refractivity contribution < 1.29 is 4.79 Å². The van der Waals surface area contributed by atoms with E-state index < -0.39 is 0 Å². The number of rotatable bonds is 2. The number of aromatic nitrogens is 1. The van der Waals surface area contributed by atoms with E-state index in [1.54, 1.807) is 24.4 Å². The molecular weight excluding hydrogens is 316 g/mol. The number of nitrogens with zero attached hydrogens (tertiary/aromatic N) is 1. The Morgan fingerprint density at radius 3 is 2.83 bits per heavy atom. The van der Waals surface area contributed by atoms with Crippen molar-refractivity contribution in [2.75, 3.05) is 5.32 Å². The summed E-state index contributed by atoms with van der Waals surface area (Å²) in [5.41, 5.74) is 1.50. The third-order valence-electron chi connectivity index (χ3n) is 2.41. The molecule has 1 aromatic carbocycles. The Morgan fingerprint density at radius 2 is 2.11 bits per heavy atom. The third-order valence-corrected chi connectivity index (χ3v) is 3.14. The number of hydrogen-bond acceptors (Lipinski definition) is 2. The molecular formula is C13H10BrClN2O. The molecule has 1 aromatic heterocycles. The zero-order chi connectivity index (χ0) is 13.1. The van der Waals surface area contributed by atoms with Crippen molar-refractivity contribution in [3.8, 4) is 0 Å². The number of benzene rings is 1. The Kier molecular flexibility index (Phi) is 3.99. The number of carbonyl (C=O) groups is 1. The predicted octanol–water partition coefficient (Wildman–Crippen LogP) is 4.06. The average molecular weight is 326 g/mol. The van der Waals surface area contributed by atoms with Gasteiger partial charge in [-0.05, 0) is 36.8 Å². The molecule has 5 heteroatoms. The molecule has 0 spiro atoms. The Bertz CT molecular complexity index is 601. The third kappa shape index (κ3) is 3.09. The van der Waals surface area contributed by atoms with Gasteiger partial charge in [0.05, 0.1) is 0 Å². The molecule has 1 heterocycles. The first-order valence-electron chi connectivity index (χ1n) is 5.25. The van der Waals surface area contributed by atoms with E-state index in [2.05, 4.69) is 26.2 Å². The summed E-state index contributed by atoms with van der Waals surface area (Å²) in [5, 5.41) is 3.25. The van der Waals surface area contributed by atoms with Gasteiger partial charge < -0.3 is 5.32 Å². The summed E-state index contributed by atoms with van der Waals surface area (Å²) in [4.78, 5) is 16.1. The molecule has 1 amide bonds. The Morgan fingerprint density at radius 1 is 1.33 bits per heavy atom. The van der Waals surface area contributed by atoms with Crippen LogP contribution in [0.2, 0.25) is 5.02 Å². The van der Waals surface area contributed by atoms with Crippen molar-refractivity contribution in [3.63, 3.8) is 0 Å². The van der Waals surface area contributed by atoms with E-state index in [4.69, 9.17) is 11.6 Å². The lowest BCUT2D eigenvalue weighted by molar-refractivity contribution is 0.102. The van der Waals surface area contributed by atoms with E-state index in [1.807, 2.05) is 19.1 Å². The molecule has 0 atom stereocenters. The van der Waals surface area contributed by atoms with Gasteiger partial charge in [-0.2, -0.15) is 0 Å². The monoisotopic (exact) mass is 324 g/mol. The number of amides is 1. The molecule has 92 valence electrons. The van der Waals surface area contributed by atoms with Gasteiger partial charge in [0.1, 0.15) is 5.82 Å². The van der Waals surface area contributed by atoms with Crippen LogP contribution in [0.1, 0.15) is 15.9 Å². The SMILES string of the molecule is Cc1ccc(Br)cc1C(=O)Nc1cc(Cl)ccn1. The second-order valence-electron chi connectivity index (χ2n) is 3.77. The van der Waals surface area contributed by atoms with Gasteiger partial charge in [0.25, 0.3) is 5.91 Å². The zero-order valence-corrected chi connectivity index (χ0v) is 11.9. The molecule has 0 aliphatic carbocycles. The minimum atomic E-state index is -0.205. The van der Waals surface area contributed by atoms with Gasteiger partial charge in [0, 0.05) is 21.3 Å². The molecule has 3 nitrogen and oxygen atoms in total. The lowest BCUT2D eigenvalue weighted by Crippen LogP contribution is -2.14. The summed E-state index contributed by atoms with van der Waals surface area (Å²) in [7, 11) is 0. The number of halogens is 2. The number of carbonyl (C=O) groups excluding carboxylic acids is 1. The summed E-state index contributed by atoms with van der Waals surface area (Å²) < 4.78 is 0.859. The maximum Gasteiger partial charge on any atom is 0.257 e. The van der Waals surface area contributed by atoms with E-state index in [0.29, 0.717) is 16.4 Å². The topological polar surface area (TPSA) is 42.0 Å². The van der Waals surface area contributed by atoms with Crippen molar-refractivity contribution in [1.29, 1.82) is 0 Å². The number of aryl methyl sites for hydroxylation is 1. The van der Waals surface area contributed by atoms with Crippen LogP contribution < -0.4 is 5.32 Å². The molecule has 1 N–H and O–H groups in total. The fraction of sp³-hybridized carbons (Fsp3) is 0.0769. The Labute approximate surface area is 118 Å². The summed E-state index contributed by atoms with van der Waals surface area (Å²) in [6.07, 6.45) is 1.55. The molecule has 2 rings (SSSR count). The van der Waals surface area contributed by atoms with E-state index in [9.17, 15) is 4.79 Å². The quantitative estimate of drug-likeness (QED) is 0.905. The molecule has 0 fully saturated rings. The fourth-order valence-electron chi connectivity index (χ4n) is 1.50. The highest BCUT2D eigenvalue weighted by Crippen LogP contribution is 2.18. The predicted molar refractivity (Wildman–Crippen MR) is 76.1 cm³/mol. The average Bonchev–Trinajstić information content (AvgIpc) is 2.32. The minimum absolute atomic E-state index is 0.205. The largest absolute Gasteiger partial charge is 0.307 e. The smallest absolute Gasteiger partial charge is 0.257 e. The van der Waals surface area contributed by atoms with Crippen LogP contribution >= 0.6 is 27.5 Å². The van der Waals surface area contributed by atoms with Crippen molar-refractivity contribution >= 4 is 39.3 Å². The van der Waals surface area contributed by atoms with Gasteiger partial charge in [-0.1, -0.05) is 33.6 Å². The molecule has 0 radical (unpaired) electrons. The van der Waals surface area contributed by atoms with Crippen LogP contribution in [-0.2, 0) is 0 Å². The van der Waals surface area contributed by atoms with E-state index >= 15 is 0 Å². The van der Waals surface area contributed by atoms with Crippen molar-refractivity contribution in [3.05, 3.63) is 57.2 Å². The molecule has 0 unspecified atom stereocenters. The number of anilines is 1. The first-order chi connectivity index (χ1) is 8.56. The van der Waals surface area contributed by atoms with E-state index in [0.717, 1.165) is 10.0 Å². The lowest BCUT2D eigenvalue weighted by atomic mass is 10.1. The van der Waals surface area contributed by atoms with Crippen LogP contribution in [0.4, 0.5) is 5.82 Å². The van der Waals surface area contributed by atoms with Gasteiger partial charge in [-0.15, -0.1) is 0 Å². The summed E-state index contributed by atoms with van der Waals surface area (Å²) in [6, 6.07) is 8.80. The number of pyridine rings is 1. The van der Waals surface area contributed by atoms with Crippen LogP contribution in [0.5, 0.6) is 0 Å². The first kappa shape index (κ1) is 13.1. The van der Waals surface area contributed by atoms with Gasteiger partial charge in [-0.25, -0.2) is 4.98 Å². The molecule has 18 heavy (non-hydrogen) atoms. The molecule has 0 saturated heterocycles. The van der Waals surface area contributed by atoms with Crippen LogP contribution in [0.3, 0.4) is 0 Å². The molecule has 0 bridgehead atoms. The van der Waals surface area contributed by atoms with Crippen molar-refractivity contribution in [2.24, 2.45) is 0 Å². The first-order valence-corrected chi connectivity index (χ1v) is 6.42. The highest BCUT2D eigenvalue weighted by atomic mass is 79.9. The van der Waals surface area contributed by atoms with Crippen LogP contribution in [-0.4, -0.2) is 10.9 Å². The Balaban J connectivity index is 2.24. The second-order valence-corrected chi connectivity index (χ2v) is 5.12. The van der Waals surface area contributed by atoms with Gasteiger partial charge in [-0.3, -0.25) is 4.79 Å². The van der Waals surface area contributed by atoms with Gasteiger partial charge >= 0.3 is 0 Å². The zero-order valence-electron chi connectivity index (χ0n) is 9.58. The van der Waals surface area contributed by atoms with Crippen molar-refractivity contribution in [1.82, 2.24) is 4.98 Å². The number of hydrogen-bond donors (Lipinski definition) is 1. The molecule has 2 aromatic rings. The molecule has 0 aliphatic heterocycles. The standard InChI is InChI=1S/C13H10BrClN2O/c1-8-2-3-9(14)6-11(8)13(18)17-12-7-10(15)4-5-16-12/h2-7H,1H3,(H,16,17,18). The fourth-order valence-corrected chi connectivity index (χ4v) is 2.02. The minimum Gasteiger partial charge on any atom is -0.307 e. The molecule has 0 saturated carbocycles. The van der Waals surface area contributed by atoms with E-state index in [-0.39, 0.29) is 5.91 Å². The summed E-state index contributed by atoms with van der Waals surface area (Å²) in [5.74, 6) is 0.232. The highest BCUT2D eigenvalue weighted by molar-refractivity contribution is 9.10. The lowest BCUT2D eigenvalue weighted by Gasteiger charge is -2.07. The number of nitrogens with one attached hydrogen (secondary N) is 1. The van der Waals surface area contributed by atoms with Gasteiger partial charge in [0.15, 0.2) is 0 Å². The normalized spacial score (nSPS) is 10.2. The van der Waals surface area contributed by atoms with Crippen LogP contribution in [0.15, 0.2) is 41.0 Å².